The zero-order chi connectivity index (χ0) is 6.85. The molecule has 0 saturated heterocycles. The van der Waals surface area contributed by atoms with Crippen LogP contribution in [0, 0.1) is 0 Å². The van der Waals surface area contributed by atoms with Crippen LogP contribution in [-0.2, 0) is 4.79 Å². The number of carbonyl (C=O) groups is 1. The largest absolute Gasteiger partial charge is 0.378 e. The summed E-state index contributed by atoms with van der Waals surface area (Å²) in [6, 6.07) is 0. The van der Waals surface area contributed by atoms with Crippen LogP contribution < -0.4 is 5.73 Å². The first-order valence-electron chi connectivity index (χ1n) is 2.78. The van der Waals surface area contributed by atoms with Crippen LogP contribution in [-0.4, -0.2) is 16.3 Å². The molecule has 0 unspecified atom stereocenters. The summed E-state index contributed by atoms with van der Waals surface area (Å²) in [6.07, 6.45) is 0.813. The van der Waals surface area contributed by atoms with Crippen molar-refractivity contribution in [3.8, 4) is 0 Å². The van der Waals surface area contributed by atoms with Crippen LogP contribution in [0.3, 0.4) is 0 Å². The van der Waals surface area contributed by atoms with Gasteiger partial charge in [0.05, 0.1) is 5.25 Å². The van der Waals surface area contributed by atoms with Crippen molar-refractivity contribution in [2.45, 2.75) is 18.6 Å². The second-order valence-electron chi connectivity index (χ2n) is 1.80. The lowest BCUT2D eigenvalue weighted by molar-refractivity contribution is -0.117. The van der Waals surface area contributed by atoms with Crippen molar-refractivity contribution in [2.75, 3.05) is 0 Å². The number of carbonyl (C=O) groups excluding carboxylic acids is 1. The monoisotopic (exact) mass is 144 g/mol. The highest BCUT2D eigenvalue weighted by Gasteiger charge is 2.24. The Balaban J connectivity index is 2.60. The first-order valence-corrected chi connectivity index (χ1v) is 3.66. The predicted octanol–water partition coefficient (Wildman–Crippen LogP) is 0.353. The molecule has 0 spiro atoms. The van der Waals surface area contributed by atoms with Crippen molar-refractivity contribution in [3.63, 3.8) is 0 Å². The molecule has 0 fully saturated rings. The fourth-order valence-corrected chi connectivity index (χ4v) is 1.42. The molecule has 1 amide bonds. The first-order chi connectivity index (χ1) is 4.24. The van der Waals surface area contributed by atoms with Gasteiger partial charge in [-0.05, 0) is 6.42 Å². The molecule has 1 atom stereocenters. The Kier molecular flexibility index (Phi) is 1.75. The van der Waals surface area contributed by atoms with Crippen LogP contribution in [0.25, 0.3) is 0 Å². The third kappa shape index (κ3) is 1.24. The van der Waals surface area contributed by atoms with E-state index in [1.807, 2.05) is 6.92 Å². The van der Waals surface area contributed by atoms with Crippen LogP contribution in [0.15, 0.2) is 4.99 Å². The van der Waals surface area contributed by atoms with Gasteiger partial charge in [0.25, 0.3) is 5.91 Å². The van der Waals surface area contributed by atoms with E-state index < -0.39 is 0 Å². The van der Waals surface area contributed by atoms with Crippen molar-refractivity contribution < 1.29 is 4.79 Å². The lowest BCUT2D eigenvalue weighted by atomic mass is 10.3. The number of rotatable bonds is 1. The van der Waals surface area contributed by atoms with Crippen molar-refractivity contribution >= 4 is 22.8 Å². The average molecular weight is 144 g/mol. The van der Waals surface area contributed by atoms with Crippen LogP contribution in [0.4, 0.5) is 0 Å². The van der Waals surface area contributed by atoms with Crippen molar-refractivity contribution in [3.05, 3.63) is 0 Å². The van der Waals surface area contributed by atoms with E-state index in [9.17, 15) is 4.79 Å². The second kappa shape index (κ2) is 2.39. The van der Waals surface area contributed by atoms with Gasteiger partial charge in [0.1, 0.15) is 0 Å². The molecule has 50 valence electrons. The van der Waals surface area contributed by atoms with Gasteiger partial charge in [-0.15, -0.1) is 0 Å². The Labute approximate surface area is 57.7 Å². The van der Waals surface area contributed by atoms with Gasteiger partial charge >= 0.3 is 0 Å². The topological polar surface area (TPSA) is 55.4 Å². The summed E-state index contributed by atoms with van der Waals surface area (Å²) in [5.74, 6) is -0.0833. The number of thioether (sulfide) groups is 1. The van der Waals surface area contributed by atoms with Gasteiger partial charge in [-0.2, -0.15) is 4.99 Å². The molecule has 1 aliphatic heterocycles. The van der Waals surface area contributed by atoms with Crippen molar-refractivity contribution in [2.24, 2.45) is 10.7 Å². The fourth-order valence-electron chi connectivity index (χ4n) is 0.661. The van der Waals surface area contributed by atoms with E-state index >= 15 is 0 Å². The van der Waals surface area contributed by atoms with Gasteiger partial charge in [-0.3, -0.25) is 4.79 Å². The summed E-state index contributed by atoms with van der Waals surface area (Å²) >= 11 is 1.35. The molecule has 9 heavy (non-hydrogen) atoms. The van der Waals surface area contributed by atoms with Gasteiger partial charge in [-0.1, -0.05) is 18.7 Å². The number of nitrogens with zero attached hydrogens (tertiary/aromatic N) is 1. The lowest BCUT2D eigenvalue weighted by Gasteiger charge is -1.97. The van der Waals surface area contributed by atoms with E-state index in [1.54, 1.807) is 0 Å². The minimum absolute atomic E-state index is 0.00926. The molecule has 0 radical (unpaired) electrons. The molecular formula is C5H8N2OS. The van der Waals surface area contributed by atoms with Crippen LogP contribution in [0.1, 0.15) is 13.3 Å². The number of nitrogens with two attached hydrogens (primary N) is 1. The highest BCUT2D eigenvalue weighted by molar-refractivity contribution is 8.15. The summed E-state index contributed by atoms with van der Waals surface area (Å²) in [6.45, 7) is 1.95. The van der Waals surface area contributed by atoms with E-state index in [-0.39, 0.29) is 11.2 Å². The maximum atomic E-state index is 10.7. The standard InChI is InChI=1S/C5H8N2OS/c1-2-3-4(8)7-5(6)9-3/h3H,2H2,1H3,(H2,6,7,8)/t3-/m1/s1. The van der Waals surface area contributed by atoms with Gasteiger partial charge in [-0.25, -0.2) is 0 Å². The molecule has 1 rings (SSSR count). The third-order valence-corrected chi connectivity index (χ3v) is 2.28. The van der Waals surface area contributed by atoms with Crippen LogP contribution in [0.2, 0.25) is 0 Å². The van der Waals surface area contributed by atoms with E-state index in [1.165, 1.54) is 11.8 Å². The van der Waals surface area contributed by atoms with E-state index in [0.29, 0.717) is 5.17 Å². The smallest absolute Gasteiger partial charge is 0.261 e. The Morgan fingerprint density at radius 1 is 1.89 bits per heavy atom. The van der Waals surface area contributed by atoms with Crippen molar-refractivity contribution in [1.29, 1.82) is 0 Å². The quantitative estimate of drug-likeness (QED) is 0.578. The summed E-state index contributed by atoms with van der Waals surface area (Å²) < 4.78 is 0. The van der Waals surface area contributed by atoms with Gasteiger partial charge < -0.3 is 5.73 Å². The van der Waals surface area contributed by atoms with Gasteiger partial charge in [0.2, 0.25) is 0 Å². The Hall–Kier alpha value is -0.510. The molecule has 0 saturated carbocycles. The molecule has 1 aliphatic rings. The summed E-state index contributed by atoms with van der Waals surface area (Å²) in [5, 5.41) is 0.400. The molecule has 3 nitrogen and oxygen atoms in total. The molecule has 4 heteroatoms. The number of amides is 1. The van der Waals surface area contributed by atoms with Gasteiger partial charge in [0, 0.05) is 0 Å². The maximum absolute atomic E-state index is 10.7. The summed E-state index contributed by atoms with van der Waals surface area (Å²) in [5.41, 5.74) is 5.28. The Bertz CT molecular complexity index is 166. The molecule has 1 heterocycles. The third-order valence-electron chi connectivity index (χ3n) is 1.13. The number of hydrogen-bond donors (Lipinski definition) is 1. The molecule has 0 aromatic heterocycles. The molecule has 0 aromatic rings. The zero-order valence-electron chi connectivity index (χ0n) is 5.13. The summed E-state index contributed by atoms with van der Waals surface area (Å²) in [4.78, 5) is 14.3. The van der Waals surface area contributed by atoms with Crippen molar-refractivity contribution in [1.82, 2.24) is 0 Å². The SMILES string of the molecule is CC[C@H]1SC(N)=NC1=O. The average Bonchev–Trinajstić information content (AvgIpc) is 2.10. The molecule has 0 bridgehead atoms. The molecule has 0 aromatic carbocycles. The number of amidine groups is 1. The Morgan fingerprint density at radius 3 is 2.78 bits per heavy atom. The molecule has 0 aliphatic carbocycles. The number of aliphatic imine (C=N–C) groups is 1. The van der Waals surface area contributed by atoms with Crippen LogP contribution in [0.5, 0.6) is 0 Å². The normalized spacial score (nSPS) is 26.6. The minimum atomic E-state index is -0.0833. The second-order valence-corrected chi connectivity index (χ2v) is 3.03. The van der Waals surface area contributed by atoms with E-state index in [4.69, 9.17) is 5.73 Å². The van der Waals surface area contributed by atoms with E-state index in [2.05, 4.69) is 4.99 Å². The highest BCUT2D eigenvalue weighted by atomic mass is 32.2. The Morgan fingerprint density at radius 2 is 2.56 bits per heavy atom. The first kappa shape index (κ1) is 6.61. The maximum Gasteiger partial charge on any atom is 0.261 e. The van der Waals surface area contributed by atoms with Crippen LogP contribution >= 0.6 is 11.8 Å². The molecular weight excluding hydrogens is 136 g/mol. The zero-order valence-corrected chi connectivity index (χ0v) is 5.94. The van der Waals surface area contributed by atoms with E-state index in [0.717, 1.165) is 6.42 Å². The summed E-state index contributed by atoms with van der Waals surface area (Å²) in [7, 11) is 0. The predicted molar refractivity (Wildman–Crippen MR) is 38.3 cm³/mol. The number of hydrogen-bond acceptors (Lipinski definition) is 3. The van der Waals surface area contributed by atoms with Gasteiger partial charge in [0.15, 0.2) is 5.17 Å². The minimum Gasteiger partial charge on any atom is -0.378 e. The lowest BCUT2D eigenvalue weighted by Crippen LogP contribution is -2.08. The highest BCUT2D eigenvalue weighted by Crippen LogP contribution is 2.21. The molecule has 2 N–H and O–H groups in total. The fraction of sp³-hybridized carbons (Fsp3) is 0.600.